The van der Waals surface area contributed by atoms with Crippen molar-refractivity contribution in [3.8, 4) is 11.3 Å². The summed E-state index contributed by atoms with van der Waals surface area (Å²) in [7, 11) is 0. The van der Waals surface area contributed by atoms with Crippen molar-refractivity contribution in [1.82, 2.24) is 10.2 Å². The molecule has 0 spiro atoms. The number of Topliss-reactive ketones (excluding diaryl/α,β-unsaturated/α-hetero) is 1. The van der Waals surface area contributed by atoms with E-state index in [4.69, 9.17) is 0 Å². The molecule has 3 rings (SSSR count). The molecule has 0 radical (unpaired) electrons. The molecule has 0 bridgehead atoms. The van der Waals surface area contributed by atoms with Crippen molar-refractivity contribution in [1.29, 1.82) is 0 Å². The Labute approximate surface area is 167 Å². The topological polar surface area (TPSA) is 57.8 Å². The highest BCUT2D eigenvalue weighted by Crippen LogP contribution is 2.33. The number of nitrogens with one attached hydrogen (secondary N) is 2. The zero-order valence-corrected chi connectivity index (χ0v) is 16.2. The van der Waals surface area contributed by atoms with Gasteiger partial charge in [0.05, 0.1) is 23.5 Å². The Balaban J connectivity index is 1.75. The third-order valence-corrected chi connectivity index (χ3v) is 4.70. The van der Waals surface area contributed by atoms with Gasteiger partial charge in [0.15, 0.2) is 5.78 Å². The van der Waals surface area contributed by atoms with Crippen molar-refractivity contribution in [2.45, 2.75) is 38.9 Å². The van der Waals surface area contributed by atoms with E-state index in [-0.39, 0.29) is 11.8 Å². The number of carbonyl (C=O) groups is 1. The van der Waals surface area contributed by atoms with E-state index >= 15 is 0 Å². The highest BCUT2D eigenvalue weighted by atomic mass is 19.4. The average molecular weight is 401 g/mol. The second-order valence-corrected chi connectivity index (χ2v) is 6.89. The van der Waals surface area contributed by atoms with Gasteiger partial charge in [-0.25, -0.2) is 0 Å². The number of aromatic nitrogens is 2. The summed E-state index contributed by atoms with van der Waals surface area (Å²) in [5.74, 6) is 0.117. The Bertz CT molecular complexity index is 960. The van der Waals surface area contributed by atoms with E-state index in [1.165, 1.54) is 12.1 Å². The minimum absolute atomic E-state index is 0.117. The molecule has 1 heterocycles. The Morgan fingerprint density at radius 1 is 1.10 bits per heavy atom. The summed E-state index contributed by atoms with van der Waals surface area (Å²) < 4.78 is 38.3. The maximum atomic E-state index is 12.8. The number of rotatable bonds is 7. The maximum absolute atomic E-state index is 12.8. The molecule has 0 fully saturated rings. The molecule has 0 saturated carbocycles. The first-order chi connectivity index (χ1) is 13.8. The van der Waals surface area contributed by atoms with E-state index in [9.17, 15) is 18.0 Å². The normalized spacial score (nSPS) is 12.6. The van der Waals surface area contributed by atoms with Gasteiger partial charge in [0, 0.05) is 23.2 Å². The van der Waals surface area contributed by atoms with Gasteiger partial charge in [0.1, 0.15) is 0 Å². The standard InChI is InChI=1S/C22H22F3N3O/c1-3-4-20(29)15-7-11-18(12-8-15)27-14(2)19-13-26-28-21(19)16-5-9-17(10-6-16)22(23,24)25/h5-14,27H,3-4H2,1-2H3,(H,26,28). The Kier molecular flexibility index (Phi) is 6.06. The van der Waals surface area contributed by atoms with Crippen LogP contribution in [0.15, 0.2) is 54.7 Å². The lowest BCUT2D eigenvalue weighted by molar-refractivity contribution is -0.137. The molecular formula is C22H22F3N3O. The van der Waals surface area contributed by atoms with Gasteiger partial charge < -0.3 is 5.32 Å². The van der Waals surface area contributed by atoms with Crippen LogP contribution in [0.25, 0.3) is 11.3 Å². The minimum Gasteiger partial charge on any atom is -0.378 e. The quantitative estimate of drug-likeness (QED) is 0.460. The van der Waals surface area contributed by atoms with E-state index in [1.807, 2.05) is 26.0 Å². The summed E-state index contributed by atoms with van der Waals surface area (Å²) in [5.41, 5.74) is 2.94. The van der Waals surface area contributed by atoms with Crippen LogP contribution < -0.4 is 5.32 Å². The lowest BCUT2D eigenvalue weighted by Crippen LogP contribution is -2.08. The molecule has 7 heteroatoms. The van der Waals surface area contributed by atoms with Crippen molar-refractivity contribution in [2.24, 2.45) is 0 Å². The number of H-pyrrole nitrogens is 1. The first-order valence-corrected chi connectivity index (χ1v) is 9.40. The third kappa shape index (κ3) is 4.85. The summed E-state index contributed by atoms with van der Waals surface area (Å²) in [5, 5.41) is 10.3. The third-order valence-electron chi connectivity index (χ3n) is 4.70. The van der Waals surface area contributed by atoms with Gasteiger partial charge in [0.25, 0.3) is 0 Å². The number of hydrogen-bond acceptors (Lipinski definition) is 3. The molecule has 0 saturated heterocycles. The predicted molar refractivity (Wildman–Crippen MR) is 107 cm³/mol. The monoisotopic (exact) mass is 401 g/mol. The number of carbonyl (C=O) groups excluding carboxylic acids is 1. The van der Waals surface area contributed by atoms with Gasteiger partial charge in [-0.15, -0.1) is 0 Å². The lowest BCUT2D eigenvalue weighted by Gasteiger charge is -2.16. The molecule has 29 heavy (non-hydrogen) atoms. The van der Waals surface area contributed by atoms with Crippen LogP contribution in [0.5, 0.6) is 0 Å². The molecule has 0 amide bonds. The number of ketones is 1. The maximum Gasteiger partial charge on any atom is 0.416 e. The largest absolute Gasteiger partial charge is 0.416 e. The van der Waals surface area contributed by atoms with Crippen LogP contribution in [0.1, 0.15) is 54.2 Å². The number of anilines is 1. The summed E-state index contributed by atoms with van der Waals surface area (Å²) >= 11 is 0. The molecular weight excluding hydrogens is 379 g/mol. The van der Waals surface area contributed by atoms with E-state index in [0.717, 1.165) is 29.8 Å². The SMILES string of the molecule is CCCC(=O)c1ccc(NC(C)c2cn[nH]c2-c2ccc(C(F)(F)F)cc2)cc1. The summed E-state index contributed by atoms with van der Waals surface area (Å²) in [6.45, 7) is 3.91. The lowest BCUT2D eigenvalue weighted by atomic mass is 10.0. The number of alkyl halides is 3. The van der Waals surface area contributed by atoms with Crippen LogP contribution in [0.3, 0.4) is 0 Å². The molecule has 1 unspecified atom stereocenters. The van der Waals surface area contributed by atoms with Crippen LogP contribution in [0.4, 0.5) is 18.9 Å². The van der Waals surface area contributed by atoms with Crippen molar-refractivity contribution < 1.29 is 18.0 Å². The van der Waals surface area contributed by atoms with Crippen molar-refractivity contribution in [2.75, 3.05) is 5.32 Å². The fourth-order valence-corrected chi connectivity index (χ4v) is 3.13. The summed E-state index contributed by atoms with van der Waals surface area (Å²) in [6, 6.07) is 12.1. The van der Waals surface area contributed by atoms with Gasteiger partial charge in [0.2, 0.25) is 0 Å². The minimum atomic E-state index is -4.37. The number of nitrogens with zero attached hydrogens (tertiary/aromatic N) is 1. The van der Waals surface area contributed by atoms with E-state index < -0.39 is 11.7 Å². The molecule has 3 aromatic rings. The zero-order chi connectivity index (χ0) is 21.0. The van der Waals surface area contributed by atoms with Crippen molar-refractivity contribution in [3.63, 3.8) is 0 Å². The highest BCUT2D eigenvalue weighted by molar-refractivity contribution is 5.96. The van der Waals surface area contributed by atoms with Gasteiger partial charge in [-0.3, -0.25) is 9.89 Å². The first kappa shape index (κ1) is 20.6. The fraction of sp³-hybridized carbons (Fsp3) is 0.273. The van der Waals surface area contributed by atoms with Crippen molar-refractivity contribution in [3.05, 3.63) is 71.4 Å². The van der Waals surface area contributed by atoms with Crippen LogP contribution in [0, 0.1) is 0 Å². The molecule has 0 aliphatic rings. The van der Waals surface area contributed by atoms with E-state index in [0.29, 0.717) is 23.2 Å². The molecule has 0 aliphatic carbocycles. The van der Waals surface area contributed by atoms with E-state index in [2.05, 4.69) is 15.5 Å². The molecule has 2 aromatic carbocycles. The highest BCUT2D eigenvalue weighted by Gasteiger charge is 2.30. The van der Waals surface area contributed by atoms with Gasteiger partial charge in [-0.05, 0) is 55.3 Å². The molecule has 2 N–H and O–H groups in total. The van der Waals surface area contributed by atoms with Gasteiger partial charge in [-0.2, -0.15) is 18.3 Å². The summed E-state index contributed by atoms with van der Waals surface area (Å²) in [4.78, 5) is 11.9. The average Bonchev–Trinajstić information content (AvgIpc) is 3.18. The molecule has 152 valence electrons. The second kappa shape index (κ2) is 8.51. The van der Waals surface area contributed by atoms with Crippen molar-refractivity contribution >= 4 is 11.5 Å². The van der Waals surface area contributed by atoms with Gasteiger partial charge in [-0.1, -0.05) is 19.1 Å². The molecule has 4 nitrogen and oxygen atoms in total. The van der Waals surface area contributed by atoms with Crippen LogP contribution in [-0.2, 0) is 6.18 Å². The van der Waals surface area contributed by atoms with E-state index in [1.54, 1.807) is 18.3 Å². The van der Waals surface area contributed by atoms with Gasteiger partial charge >= 0.3 is 6.18 Å². The zero-order valence-electron chi connectivity index (χ0n) is 16.2. The number of aromatic amines is 1. The second-order valence-electron chi connectivity index (χ2n) is 6.89. The fourth-order valence-electron chi connectivity index (χ4n) is 3.13. The Hall–Kier alpha value is -3.09. The summed E-state index contributed by atoms with van der Waals surface area (Å²) in [6.07, 6.45) is -1.38. The van der Waals surface area contributed by atoms with Crippen LogP contribution in [-0.4, -0.2) is 16.0 Å². The first-order valence-electron chi connectivity index (χ1n) is 9.40. The Morgan fingerprint density at radius 3 is 2.34 bits per heavy atom. The number of hydrogen-bond donors (Lipinski definition) is 2. The smallest absolute Gasteiger partial charge is 0.378 e. The van der Waals surface area contributed by atoms with Crippen LogP contribution in [0.2, 0.25) is 0 Å². The number of benzene rings is 2. The Morgan fingerprint density at radius 2 is 1.76 bits per heavy atom. The number of halogens is 3. The predicted octanol–water partition coefficient (Wildman–Crippen LogP) is 6.25. The van der Waals surface area contributed by atoms with Crippen LogP contribution >= 0.6 is 0 Å². The molecule has 1 atom stereocenters. The molecule has 0 aliphatic heterocycles. The molecule has 1 aromatic heterocycles.